The molecule has 0 radical (unpaired) electrons. The third kappa shape index (κ3) is 2.26. The van der Waals surface area contributed by atoms with Crippen LogP contribution >= 0.6 is 0 Å². The Morgan fingerprint density at radius 2 is 1.67 bits per heavy atom. The number of hydrogen-bond acceptors (Lipinski definition) is 4. The van der Waals surface area contributed by atoms with Gasteiger partial charge in [0.1, 0.15) is 0 Å². The van der Waals surface area contributed by atoms with Crippen molar-refractivity contribution in [2.24, 2.45) is 0 Å². The monoisotopic (exact) mass is 208 g/mol. The van der Waals surface area contributed by atoms with Crippen LogP contribution in [0.1, 0.15) is 19.4 Å². The van der Waals surface area contributed by atoms with Crippen LogP contribution in [0, 0.1) is 6.92 Å². The van der Waals surface area contributed by atoms with Crippen LogP contribution in [-0.2, 0) is 0 Å². The fourth-order valence-corrected chi connectivity index (χ4v) is 1.55. The van der Waals surface area contributed by atoms with Gasteiger partial charge in [-0.1, -0.05) is 0 Å². The summed E-state index contributed by atoms with van der Waals surface area (Å²) in [4.78, 5) is 0. The molecule has 0 aliphatic carbocycles. The lowest BCUT2D eigenvalue weighted by atomic mass is 10.1. The fourth-order valence-electron chi connectivity index (χ4n) is 1.55. The Balaban J connectivity index is 3.22. The maximum Gasteiger partial charge on any atom is 0.0831 e. The molecule has 4 nitrogen and oxygen atoms in total. The van der Waals surface area contributed by atoms with Gasteiger partial charge in [-0.25, -0.2) is 0 Å². The molecule has 0 aromatic heterocycles. The summed E-state index contributed by atoms with van der Waals surface area (Å²) in [5.41, 5.74) is 16.2. The molecule has 0 saturated heterocycles. The summed E-state index contributed by atoms with van der Waals surface area (Å²) in [6.07, 6.45) is 0. The molecule has 0 heterocycles. The van der Waals surface area contributed by atoms with Crippen LogP contribution in [0.25, 0.3) is 0 Å². The Morgan fingerprint density at radius 1 is 1.07 bits per heavy atom. The van der Waals surface area contributed by atoms with Gasteiger partial charge in [-0.2, -0.15) is 0 Å². The van der Waals surface area contributed by atoms with Crippen LogP contribution in [0.2, 0.25) is 0 Å². The van der Waals surface area contributed by atoms with Gasteiger partial charge in [0.15, 0.2) is 0 Å². The first-order chi connectivity index (χ1) is 7.11. The zero-order valence-electron chi connectivity index (χ0n) is 9.65. The minimum absolute atomic E-state index is 0.696. The van der Waals surface area contributed by atoms with E-state index in [0.717, 1.165) is 35.7 Å². The van der Waals surface area contributed by atoms with Gasteiger partial charge in [0, 0.05) is 13.1 Å². The summed E-state index contributed by atoms with van der Waals surface area (Å²) in [6, 6.07) is 1.98. The molecule has 1 rings (SSSR count). The number of anilines is 4. The van der Waals surface area contributed by atoms with Crippen molar-refractivity contribution in [1.82, 2.24) is 0 Å². The molecule has 0 unspecified atom stereocenters. The molecule has 0 aliphatic rings. The highest BCUT2D eigenvalue weighted by Crippen LogP contribution is 2.35. The smallest absolute Gasteiger partial charge is 0.0831 e. The van der Waals surface area contributed by atoms with Gasteiger partial charge >= 0.3 is 0 Å². The quantitative estimate of drug-likeness (QED) is 0.571. The fraction of sp³-hybridized carbons (Fsp3) is 0.455. The summed E-state index contributed by atoms with van der Waals surface area (Å²) >= 11 is 0. The number of nitrogens with two attached hydrogens (primary N) is 2. The lowest BCUT2D eigenvalue weighted by Crippen LogP contribution is -2.09. The Bertz CT molecular complexity index is 347. The number of nitrogen functional groups attached to an aromatic ring is 2. The number of benzene rings is 1. The maximum absolute atomic E-state index is 6.02. The van der Waals surface area contributed by atoms with Crippen molar-refractivity contribution in [3.63, 3.8) is 0 Å². The Morgan fingerprint density at radius 3 is 2.20 bits per heavy atom. The van der Waals surface area contributed by atoms with Gasteiger partial charge in [0.25, 0.3) is 0 Å². The van der Waals surface area contributed by atoms with E-state index in [2.05, 4.69) is 10.6 Å². The molecule has 0 bridgehead atoms. The second-order valence-electron chi connectivity index (χ2n) is 3.50. The standard InChI is InChI=1S/C11H20N4/c1-4-14-8-6-7(3)9(12)11(10(8)13)15-5-2/h6,14-15H,4-5,12-13H2,1-3H3. The summed E-state index contributed by atoms with van der Waals surface area (Å²) in [6.45, 7) is 7.70. The Kier molecular flexibility index (Phi) is 3.66. The van der Waals surface area contributed by atoms with Crippen LogP contribution in [-0.4, -0.2) is 13.1 Å². The van der Waals surface area contributed by atoms with Crippen molar-refractivity contribution in [2.45, 2.75) is 20.8 Å². The van der Waals surface area contributed by atoms with E-state index in [1.165, 1.54) is 0 Å². The van der Waals surface area contributed by atoms with Crippen LogP contribution < -0.4 is 22.1 Å². The molecule has 0 amide bonds. The predicted octanol–water partition coefficient (Wildman–Crippen LogP) is 2.02. The van der Waals surface area contributed by atoms with Crippen LogP contribution in [0.4, 0.5) is 22.7 Å². The molecule has 0 spiro atoms. The first-order valence-corrected chi connectivity index (χ1v) is 5.28. The van der Waals surface area contributed by atoms with E-state index < -0.39 is 0 Å². The van der Waals surface area contributed by atoms with Gasteiger partial charge in [0.2, 0.25) is 0 Å². The van der Waals surface area contributed by atoms with Crippen molar-refractivity contribution >= 4 is 22.7 Å². The SMILES string of the molecule is CCNc1cc(C)c(N)c(NCC)c1N. The lowest BCUT2D eigenvalue weighted by Gasteiger charge is -2.17. The zero-order chi connectivity index (χ0) is 11.4. The molecule has 0 aliphatic heterocycles. The van der Waals surface area contributed by atoms with Crippen molar-refractivity contribution in [2.75, 3.05) is 35.2 Å². The molecular weight excluding hydrogens is 188 g/mol. The molecule has 4 heteroatoms. The maximum atomic E-state index is 6.02. The Hall–Kier alpha value is -1.58. The average molecular weight is 208 g/mol. The van der Waals surface area contributed by atoms with Crippen LogP contribution in [0.3, 0.4) is 0 Å². The largest absolute Gasteiger partial charge is 0.397 e. The summed E-state index contributed by atoms with van der Waals surface area (Å²) in [7, 11) is 0. The minimum atomic E-state index is 0.696. The Labute approximate surface area is 91.0 Å². The van der Waals surface area contributed by atoms with E-state index in [-0.39, 0.29) is 0 Å². The number of nitrogens with one attached hydrogen (secondary N) is 2. The molecule has 1 aromatic carbocycles. The van der Waals surface area contributed by atoms with Gasteiger partial charge in [0.05, 0.1) is 22.7 Å². The van der Waals surface area contributed by atoms with E-state index in [1.807, 2.05) is 26.8 Å². The molecule has 6 N–H and O–H groups in total. The van der Waals surface area contributed by atoms with Gasteiger partial charge in [-0.15, -0.1) is 0 Å². The van der Waals surface area contributed by atoms with E-state index in [1.54, 1.807) is 0 Å². The third-order valence-corrected chi connectivity index (χ3v) is 2.34. The lowest BCUT2D eigenvalue weighted by molar-refractivity contribution is 1.19. The molecule has 15 heavy (non-hydrogen) atoms. The van der Waals surface area contributed by atoms with Crippen LogP contribution in [0.15, 0.2) is 6.07 Å². The molecule has 1 aromatic rings. The van der Waals surface area contributed by atoms with E-state index in [9.17, 15) is 0 Å². The highest BCUT2D eigenvalue weighted by molar-refractivity contribution is 5.90. The van der Waals surface area contributed by atoms with Crippen molar-refractivity contribution in [3.8, 4) is 0 Å². The first-order valence-electron chi connectivity index (χ1n) is 5.28. The highest BCUT2D eigenvalue weighted by atomic mass is 14.9. The van der Waals surface area contributed by atoms with E-state index in [0.29, 0.717) is 5.69 Å². The minimum Gasteiger partial charge on any atom is -0.397 e. The molecule has 0 saturated carbocycles. The molecule has 84 valence electrons. The molecule has 0 atom stereocenters. The van der Waals surface area contributed by atoms with Crippen molar-refractivity contribution in [1.29, 1.82) is 0 Å². The van der Waals surface area contributed by atoms with E-state index in [4.69, 9.17) is 11.5 Å². The highest BCUT2D eigenvalue weighted by Gasteiger charge is 2.10. The second kappa shape index (κ2) is 4.77. The van der Waals surface area contributed by atoms with Crippen LogP contribution in [0.5, 0.6) is 0 Å². The summed E-state index contributed by atoms with van der Waals surface area (Å²) in [5, 5.41) is 6.42. The normalized spacial score (nSPS) is 10.1. The summed E-state index contributed by atoms with van der Waals surface area (Å²) in [5.74, 6) is 0. The topological polar surface area (TPSA) is 76.1 Å². The van der Waals surface area contributed by atoms with Gasteiger partial charge < -0.3 is 22.1 Å². The molecular formula is C11H20N4. The first kappa shape index (κ1) is 11.5. The number of rotatable bonds is 4. The van der Waals surface area contributed by atoms with Crippen molar-refractivity contribution < 1.29 is 0 Å². The third-order valence-electron chi connectivity index (χ3n) is 2.34. The zero-order valence-corrected chi connectivity index (χ0v) is 9.65. The number of aryl methyl sites for hydroxylation is 1. The average Bonchev–Trinajstić information content (AvgIpc) is 2.21. The number of hydrogen-bond donors (Lipinski definition) is 4. The second-order valence-corrected chi connectivity index (χ2v) is 3.50. The summed E-state index contributed by atoms with van der Waals surface area (Å²) < 4.78 is 0. The molecule has 0 fully saturated rings. The van der Waals surface area contributed by atoms with Gasteiger partial charge in [-0.3, -0.25) is 0 Å². The van der Waals surface area contributed by atoms with E-state index >= 15 is 0 Å². The predicted molar refractivity (Wildman–Crippen MR) is 68.3 cm³/mol. The van der Waals surface area contributed by atoms with Gasteiger partial charge in [-0.05, 0) is 32.4 Å². The van der Waals surface area contributed by atoms with Crippen molar-refractivity contribution in [3.05, 3.63) is 11.6 Å².